The lowest BCUT2D eigenvalue weighted by atomic mass is 10.1. The first-order chi connectivity index (χ1) is 10.1. The minimum Gasteiger partial charge on any atom is -0.398 e. The third-order valence-electron chi connectivity index (χ3n) is 3.09. The van der Waals surface area contributed by atoms with E-state index in [2.05, 4.69) is 10.3 Å². The van der Waals surface area contributed by atoms with Gasteiger partial charge in [0.2, 0.25) is 0 Å². The molecule has 1 heterocycles. The van der Waals surface area contributed by atoms with Gasteiger partial charge in [-0.05, 0) is 30.3 Å². The Morgan fingerprint density at radius 2 is 1.95 bits per heavy atom. The van der Waals surface area contributed by atoms with Gasteiger partial charge in [-0.15, -0.1) is 0 Å². The van der Waals surface area contributed by atoms with Crippen LogP contribution in [0, 0.1) is 5.82 Å². The highest BCUT2D eigenvalue weighted by Crippen LogP contribution is 2.36. The first kappa shape index (κ1) is 13.9. The maximum Gasteiger partial charge on any atom is 0.150 e. The Labute approximate surface area is 130 Å². The Balaban J connectivity index is 2.19. The molecule has 3 N–H and O–H groups in total. The summed E-state index contributed by atoms with van der Waals surface area (Å²) in [7, 11) is 0. The third kappa shape index (κ3) is 2.48. The van der Waals surface area contributed by atoms with Crippen molar-refractivity contribution in [2.24, 2.45) is 0 Å². The van der Waals surface area contributed by atoms with Crippen molar-refractivity contribution in [2.75, 3.05) is 11.1 Å². The second kappa shape index (κ2) is 5.39. The van der Waals surface area contributed by atoms with Crippen molar-refractivity contribution in [3.8, 4) is 0 Å². The number of nitrogen functional groups attached to an aromatic ring is 1. The molecule has 2 aromatic carbocycles. The lowest BCUT2D eigenvalue weighted by Gasteiger charge is -2.13. The van der Waals surface area contributed by atoms with Crippen molar-refractivity contribution in [3.63, 3.8) is 0 Å². The van der Waals surface area contributed by atoms with Crippen molar-refractivity contribution in [1.82, 2.24) is 4.98 Å². The first-order valence-corrected chi connectivity index (χ1v) is 6.87. The third-order valence-corrected chi connectivity index (χ3v) is 3.91. The van der Waals surface area contributed by atoms with Gasteiger partial charge in [0.25, 0.3) is 0 Å². The predicted molar refractivity (Wildman–Crippen MR) is 85.9 cm³/mol. The molecule has 0 unspecified atom stereocenters. The van der Waals surface area contributed by atoms with Gasteiger partial charge in [-0.2, -0.15) is 0 Å². The van der Waals surface area contributed by atoms with Crippen molar-refractivity contribution in [1.29, 1.82) is 0 Å². The van der Waals surface area contributed by atoms with Crippen LogP contribution in [0.4, 0.5) is 21.5 Å². The average molecular weight is 322 g/mol. The minimum atomic E-state index is -0.505. The Kier molecular flexibility index (Phi) is 3.57. The maximum atomic E-state index is 14.2. The summed E-state index contributed by atoms with van der Waals surface area (Å²) < 4.78 is 14.2. The highest BCUT2D eigenvalue weighted by atomic mass is 35.5. The van der Waals surface area contributed by atoms with Crippen LogP contribution in [0.15, 0.2) is 42.6 Å². The molecule has 0 fully saturated rings. The van der Waals surface area contributed by atoms with Crippen LogP contribution in [0.25, 0.3) is 10.9 Å². The van der Waals surface area contributed by atoms with E-state index in [1.165, 1.54) is 6.07 Å². The number of hydrogen-bond donors (Lipinski definition) is 2. The summed E-state index contributed by atoms with van der Waals surface area (Å²) in [6.45, 7) is 0. The van der Waals surface area contributed by atoms with Gasteiger partial charge in [0.1, 0.15) is 5.69 Å². The number of benzene rings is 2. The number of pyridine rings is 1. The summed E-state index contributed by atoms with van der Waals surface area (Å²) in [5.41, 5.74) is 7.30. The van der Waals surface area contributed by atoms with E-state index in [-0.39, 0.29) is 5.69 Å². The van der Waals surface area contributed by atoms with Gasteiger partial charge in [-0.25, -0.2) is 4.39 Å². The molecule has 3 aromatic rings. The summed E-state index contributed by atoms with van der Waals surface area (Å²) >= 11 is 12.1. The molecular formula is C15H10Cl2FN3. The van der Waals surface area contributed by atoms with Crippen LogP contribution in [0.5, 0.6) is 0 Å². The van der Waals surface area contributed by atoms with Crippen LogP contribution >= 0.6 is 23.2 Å². The Hall–Kier alpha value is -2.04. The van der Waals surface area contributed by atoms with Crippen LogP contribution in [0.3, 0.4) is 0 Å². The van der Waals surface area contributed by atoms with E-state index in [0.29, 0.717) is 32.3 Å². The van der Waals surface area contributed by atoms with Gasteiger partial charge in [-0.3, -0.25) is 4.98 Å². The number of rotatable bonds is 2. The van der Waals surface area contributed by atoms with E-state index in [9.17, 15) is 4.39 Å². The summed E-state index contributed by atoms with van der Waals surface area (Å²) in [4.78, 5) is 4.19. The number of halogens is 3. The molecule has 0 radical (unpaired) electrons. The zero-order chi connectivity index (χ0) is 15.0. The molecule has 0 spiro atoms. The highest BCUT2D eigenvalue weighted by Gasteiger charge is 2.14. The fraction of sp³-hybridized carbons (Fsp3) is 0. The lowest BCUT2D eigenvalue weighted by molar-refractivity contribution is 0.634. The molecule has 0 atom stereocenters. The first-order valence-electron chi connectivity index (χ1n) is 6.11. The zero-order valence-electron chi connectivity index (χ0n) is 10.7. The van der Waals surface area contributed by atoms with E-state index in [1.54, 1.807) is 36.5 Å². The fourth-order valence-electron chi connectivity index (χ4n) is 2.09. The van der Waals surface area contributed by atoms with E-state index in [4.69, 9.17) is 28.9 Å². The number of nitrogens with zero attached hydrogens (tertiary/aromatic N) is 1. The Morgan fingerprint density at radius 1 is 1.14 bits per heavy atom. The monoisotopic (exact) mass is 321 g/mol. The molecular weight excluding hydrogens is 312 g/mol. The summed E-state index contributed by atoms with van der Waals surface area (Å²) in [5, 5.41) is 4.31. The molecule has 0 aliphatic carbocycles. The standard InChI is InChI=1S/C15H10Cl2FN3/c16-9-4-1-5-12(13(9)17)21-15-10(18)7-11(19)8-3-2-6-20-14(8)15/h1-7,21H,19H2. The second-order valence-corrected chi connectivity index (χ2v) is 5.23. The van der Waals surface area contributed by atoms with Gasteiger partial charge >= 0.3 is 0 Å². The Bertz CT molecular complexity index is 837. The summed E-state index contributed by atoms with van der Waals surface area (Å²) in [6, 6.07) is 9.87. The SMILES string of the molecule is Nc1cc(F)c(Nc2cccc(Cl)c2Cl)c2ncccc12. The van der Waals surface area contributed by atoms with Gasteiger partial charge in [0.15, 0.2) is 5.82 Å². The lowest BCUT2D eigenvalue weighted by Crippen LogP contribution is -2.00. The smallest absolute Gasteiger partial charge is 0.150 e. The molecule has 1 aromatic heterocycles. The molecule has 0 amide bonds. The van der Waals surface area contributed by atoms with Gasteiger partial charge in [0.05, 0.1) is 21.2 Å². The number of aromatic nitrogens is 1. The van der Waals surface area contributed by atoms with Gasteiger partial charge in [0, 0.05) is 17.3 Å². The van der Waals surface area contributed by atoms with E-state index >= 15 is 0 Å². The van der Waals surface area contributed by atoms with Gasteiger partial charge in [-0.1, -0.05) is 29.3 Å². The van der Waals surface area contributed by atoms with Crippen LogP contribution in [0.2, 0.25) is 10.0 Å². The molecule has 0 bridgehead atoms. The molecule has 3 rings (SSSR count). The topological polar surface area (TPSA) is 50.9 Å². The van der Waals surface area contributed by atoms with Crippen LogP contribution in [0.1, 0.15) is 0 Å². The van der Waals surface area contributed by atoms with Crippen LogP contribution in [-0.2, 0) is 0 Å². The quantitative estimate of drug-likeness (QED) is 0.652. The van der Waals surface area contributed by atoms with E-state index < -0.39 is 5.82 Å². The number of fused-ring (bicyclic) bond motifs is 1. The summed E-state index contributed by atoms with van der Waals surface area (Å²) in [5.74, 6) is -0.505. The molecule has 0 aliphatic rings. The number of nitrogens with two attached hydrogens (primary N) is 1. The van der Waals surface area contributed by atoms with Crippen molar-refractivity contribution < 1.29 is 4.39 Å². The number of nitrogens with one attached hydrogen (secondary N) is 1. The molecule has 21 heavy (non-hydrogen) atoms. The highest BCUT2D eigenvalue weighted by molar-refractivity contribution is 6.43. The van der Waals surface area contributed by atoms with Gasteiger partial charge < -0.3 is 11.1 Å². The van der Waals surface area contributed by atoms with E-state index in [0.717, 1.165) is 0 Å². The number of anilines is 3. The molecule has 0 aliphatic heterocycles. The predicted octanol–water partition coefficient (Wildman–Crippen LogP) is 5.01. The van der Waals surface area contributed by atoms with Crippen molar-refractivity contribution in [3.05, 3.63) is 58.5 Å². The molecule has 0 saturated heterocycles. The fourth-order valence-corrected chi connectivity index (χ4v) is 2.44. The average Bonchev–Trinajstić information content (AvgIpc) is 2.47. The zero-order valence-corrected chi connectivity index (χ0v) is 12.2. The molecule has 3 nitrogen and oxygen atoms in total. The number of hydrogen-bond acceptors (Lipinski definition) is 3. The largest absolute Gasteiger partial charge is 0.398 e. The Morgan fingerprint density at radius 3 is 2.76 bits per heavy atom. The van der Waals surface area contributed by atoms with Crippen LogP contribution in [-0.4, -0.2) is 4.98 Å². The van der Waals surface area contributed by atoms with E-state index in [1.807, 2.05) is 0 Å². The molecule has 6 heteroatoms. The second-order valence-electron chi connectivity index (χ2n) is 4.45. The summed E-state index contributed by atoms with van der Waals surface area (Å²) in [6.07, 6.45) is 1.58. The molecule has 0 saturated carbocycles. The molecule has 106 valence electrons. The van der Waals surface area contributed by atoms with Crippen LogP contribution < -0.4 is 11.1 Å². The minimum absolute atomic E-state index is 0.212. The maximum absolute atomic E-state index is 14.2. The van der Waals surface area contributed by atoms with Crippen molar-refractivity contribution >= 4 is 51.2 Å². The van der Waals surface area contributed by atoms with Crippen molar-refractivity contribution in [2.45, 2.75) is 0 Å². The normalized spacial score (nSPS) is 10.8.